The van der Waals surface area contributed by atoms with Crippen LogP contribution in [0.2, 0.25) is 0 Å². The van der Waals surface area contributed by atoms with Crippen LogP contribution in [0, 0.1) is 13.8 Å². The van der Waals surface area contributed by atoms with Crippen molar-refractivity contribution in [2.24, 2.45) is 0 Å². The molecule has 0 saturated carbocycles. The van der Waals surface area contributed by atoms with Crippen molar-refractivity contribution in [1.29, 1.82) is 0 Å². The lowest BCUT2D eigenvalue weighted by Gasteiger charge is -2.09. The van der Waals surface area contributed by atoms with Crippen LogP contribution >= 0.6 is 0 Å². The van der Waals surface area contributed by atoms with Crippen LogP contribution in [0.5, 0.6) is 0 Å². The molecule has 0 spiro atoms. The van der Waals surface area contributed by atoms with E-state index < -0.39 is 13.0 Å². The van der Waals surface area contributed by atoms with Crippen LogP contribution in [0.4, 0.5) is 20.4 Å². The highest BCUT2D eigenvalue weighted by Crippen LogP contribution is 2.25. The highest BCUT2D eigenvalue weighted by Gasteiger charge is 2.15. The van der Waals surface area contributed by atoms with E-state index in [1.165, 1.54) is 17.1 Å². The molecule has 0 fully saturated rings. The average Bonchev–Trinajstić information content (AvgIpc) is 3.32. The number of fused-ring (bicyclic) bond motifs is 2. The topological polar surface area (TPSA) is 99.2 Å². The highest BCUT2D eigenvalue weighted by atomic mass is 19.3. The largest absolute Gasteiger partial charge is 0.324 e. The number of aromatic nitrogens is 8. The summed E-state index contributed by atoms with van der Waals surface area (Å²) in [5.74, 6) is 0.375. The minimum absolute atomic E-state index is 0.375. The summed E-state index contributed by atoms with van der Waals surface area (Å²) in [6.07, 6.45) is 5.48. The van der Waals surface area contributed by atoms with Crippen LogP contribution in [0.3, 0.4) is 0 Å². The maximum Gasteiger partial charge on any atom is 0.257 e. The van der Waals surface area contributed by atoms with Gasteiger partial charge in [0.1, 0.15) is 12.2 Å². The fraction of sp³-hybridized carbons (Fsp3) is 0.200. The second kappa shape index (κ2) is 7.35. The lowest BCUT2D eigenvalue weighted by molar-refractivity contribution is 0.122. The van der Waals surface area contributed by atoms with Crippen LogP contribution < -0.4 is 5.32 Å². The second-order valence-electron chi connectivity index (χ2n) is 7.08. The number of nitrogens with one attached hydrogen (secondary N) is 1. The van der Waals surface area contributed by atoms with E-state index in [2.05, 4.69) is 35.5 Å². The Morgan fingerprint density at radius 2 is 1.81 bits per heavy atom. The quantitative estimate of drug-likeness (QED) is 0.463. The lowest BCUT2D eigenvalue weighted by Crippen LogP contribution is -2.06. The third-order valence-electron chi connectivity index (χ3n) is 4.86. The first kappa shape index (κ1) is 19.0. The van der Waals surface area contributed by atoms with E-state index in [0.29, 0.717) is 17.3 Å². The molecule has 0 unspecified atom stereocenters. The van der Waals surface area contributed by atoms with Crippen LogP contribution in [0.1, 0.15) is 11.3 Å². The third kappa shape index (κ3) is 3.54. The summed E-state index contributed by atoms with van der Waals surface area (Å²) in [6, 6.07) is 3.83. The molecule has 1 aromatic carbocycles. The van der Waals surface area contributed by atoms with Crippen LogP contribution in [-0.2, 0) is 6.54 Å². The van der Waals surface area contributed by atoms with Crippen molar-refractivity contribution in [2.75, 3.05) is 5.32 Å². The molecule has 1 N–H and O–H groups in total. The number of nitrogens with zero attached hydrogens (tertiary/aromatic N) is 8. The normalized spacial score (nSPS) is 11.6. The molecule has 0 atom stereocenters. The molecule has 5 rings (SSSR count). The molecule has 0 aliphatic rings. The standard InChI is InChI=1S/C20H17F2N9/c1-11-5-16-17(24-4-3-23-16)6-15(11)27-20-25-8-14-12(2)29-31(19(14)28-20)13-7-26-30(9-13)10-18(21)22/h3-9,18H,10H2,1-2H3,(H,25,27,28). The summed E-state index contributed by atoms with van der Waals surface area (Å²) in [6.45, 7) is 3.32. The Balaban J connectivity index is 1.53. The zero-order chi connectivity index (χ0) is 21.5. The predicted octanol–water partition coefficient (Wildman–Crippen LogP) is 3.58. The molecule has 0 radical (unpaired) electrons. The van der Waals surface area contributed by atoms with E-state index in [9.17, 15) is 8.78 Å². The molecule has 0 aliphatic carbocycles. The van der Waals surface area contributed by atoms with Gasteiger partial charge in [0.2, 0.25) is 5.95 Å². The fourth-order valence-electron chi connectivity index (χ4n) is 3.35. The molecule has 0 aliphatic heterocycles. The van der Waals surface area contributed by atoms with E-state index in [1.807, 2.05) is 26.0 Å². The third-order valence-corrected chi connectivity index (χ3v) is 4.86. The van der Waals surface area contributed by atoms with Gasteiger partial charge in [0.15, 0.2) is 5.65 Å². The number of benzene rings is 1. The number of halogens is 2. The van der Waals surface area contributed by atoms with Gasteiger partial charge in [-0.05, 0) is 31.5 Å². The summed E-state index contributed by atoms with van der Waals surface area (Å²) < 4.78 is 28.1. The molecular formula is C20H17F2N9. The van der Waals surface area contributed by atoms with Gasteiger partial charge in [-0.1, -0.05) is 0 Å². The Labute approximate surface area is 174 Å². The van der Waals surface area contributed by atoms with Gasteiger partial charge < -0.3 is 5.32 Å². The summed E-state index contributed by atoms with van der Waals surface area (Å²) in [5, 5.41) is 12.5. The number of rotatable bonds is 5. The monoisotopic (exact) mass is 421 g/mol. The van der Waals surface area contributed by atoms with Gasteiger partial charge in [0.05, 0.1) is 34.5 Å². The molecule has 156 valence electrons. The first-order valence-electron chi connectivity index (χ1n) is 9.49. The van der Waals surface area contributed by atoms with Crippen LogP contribution in [0.15, 0.2) is 43.1 Å². The minimum atomic E-state index is -2.49. The van der Waals surface area contributed by atoms with Crippen molar-refractivity contribution < 1.29 is 8.78 Å². The van der Waals surface area contributed by atoms with Crippen molar-refractivity contribution in [3.63, 3.8) is 0 Å². The molecule has 4 aromatic heterocycles. The van der Waals surface area contributed by atoms with Crippen molar-refractivity contribution in [2.45, 2.75) is 26.8 Å². The molecule has 0 amide bonds. The maximum absolute atomic E-state index is 12.7. The predicted molar refractivity (Wildman–Crippen MR) is 111 cm³/mol. The second-order valence-corrected chi connectivity index (χ2v) is 7.08. The van der Waals surface area contributed by atoms with Gasteiger partial charge in [0, 0.05) is 24.3 Å². The molecule has 0 bridgehead atoms. The van der Waals surface area contributed by atoms with Crippen molar-refractivity contribution in [3.8, 4) is 5.69 Å². The van der Waals surface area contributed by atoms with Gasteiger partial charge in [-0.25, -0.2) is 18.4 Å². The molecule has 0 saturated heterocycles. The van der Waals surface area contributed by atoms with Crippen molar-refractivity contribution >= 4 is 33.7 Å². The van der Waals surface area contributed by atoms with Crippen molar-refractivity contribution in [1.82, 2.24) is 39.5 Å². The lowest BCUT2D eigenvalue weighted by atomic mass is 10.1. The van der Waals surface area contributed by atoms with Crippen LogP contribution in [0.25, 0.3) is 27.8 Å². The molecule has 9 nitrogen and oxygen atoms in total. The average molecular weight is 421 g/mol. The summed E-state index contributed by atoms with van der Waals surface area (Å²) in [5.41, 5.74) is 5.14. The SMILES string of the molecule is Cc1cc2nccnc2cc1Nc1ncc2c(C)nn(-c3cnn(CC(F)F)c3)c2n1. The summed E-state index contributed by atoms with van der Waals surface area (Å²) in [4.78, 5) is 17.7. The van der Waals surface area contributed by atoms with Gasteiger partial charge in [-0.15, -0.1) is 0 Å². The minimum Gasteiger partial charge on any atom is -0.324 e. The first-order chi connectivity index (χ1) is 15.0. The van der Waals surface area contributed by atoms with E-state index in [4.69, 9.17) is 0 Å². The highest BCUT2D eigenvalue weighted by molar-refractivity contribution is 5.83. The molecular weight excluding hydrogens is 404 g/mol. The zero-order valence-electron chi connectivity index (χ0n) is 16.7. The van der Waals surface area contributed by atoms with E-state index in [0.717, 1.165) is 33.4 Å². The Kier molecular flexibility index (Phi) is 4.50. The van der Waals surface area contributed by atoms with Crippen LogP contribution in [-0.4, -0.2) is 45.9 Å². The van der Waals surface area contributed by atoms with Gasteiger partial charge >= 0.3 is 0 Å². The number of hydrogen-bond donors (Lipinski definition) is 1. The van der Waals surface area contributed by atoms with Crippen molar-refractivity contribution in [3.05, 3.63) is 54.4 Å². The van der Waals surface area contributed by atoms with Gasteiger partial charge in [-0.3, -0.25) is 14.6 Å². The number of aryl methyl sites for hydroxylation is 2. The smallest absolute Gasteiger partial charge is 0.257 e. The number of alkyl halides is 2. The van der Waals surface area contributed by atoms with E-state index in [-0.39, 0.29) is 0 Å². The van der Waals surface area contributed by atoms with Gasteiger partial charge in [0.25, 0.3) is 6.43 Å². The summed E-state index contributed by atoms with van der Waals surface area (Å²) in [7, 11) is 0. The zero-order valence-corrected chi connectivity index (χ0v) is 16.7. The molecule has 31 heavy (non-hydrogen) atoms. The Hall–Kier alpha value is -4.02. The first-order valence-corrected chi connectivity index (χ1v) is 9.49. The van der Waals surface area contributed by atoms with E-state index in [1.54, 1.807) is 23.3 Å². The molecule has 4 heterocycles. The summed E-state index contributed by atoms with van der Waals surface area (Å²) >= 11 is 0. The van der Waals surface area contributed by atoms with Gasteiger partial charge in [-0.2, -0.15) is 15.2 Å². The number of hydrogen-bond acceptors (Lipinski definition) is 7. The Morgan fingerprint density at radius 3 is 2.58 bits per heavy atom. The van der Waals surface area contributed by atoms with E-state index >= 15 is 0 Å². The fourth-order valence-corrected chi connectivity index (χ4v) is 3.35. The number of anilines is 2. The molecule has 11 heteroatoms. The maximum atomic E-state index is 12.7. The Morgan fingerprint density at radius 1 is 1.03 bits per heavy atom. The Bertz CT molecular complexity index is 1410. The molecule has 5 aromatic rings.